The Morgan fingerprint density at radius 3 is 2.73 bits per heavy atom. The number of nitrogens with one attached hydrogen (secondary N) is 2. The van der Waals surface area contributed by atoms with E-state index < -0.39 is 11.8 Å². The Hall–Kier alpha value is -3.41. The normalized spacial score (nSPS) is 11.5. The molecule has 6 nitrogen and oxygen atoms in total. The van der Waals surface area contributed by atoms with E-state index in [1.807, 2.05) is 6.92 Å². The molecule has 0 aliphatic rings. The number of aromatic hydroxyl groups is 1. The number of para-hydroxylation sites is 1. The van der Waals surface area contributed by atoms with Crippen molar-refractivity contribution < 1.29 is 14.7 Å². The van der Waals surface area contributed by atoms with Crippen LogP contribution in [0.15, 0.2) is 72.4 Å². The lowest BCUT2D eigenvalue weighted by Crippen LogP contribution is -2.35. The predicted molar refractivity (Wildman–Crippen MR) is 104 cm³/mol. The van der Waals surface area contributed by atoms with E-state index in [-0.39, 0.29) is 12.3 Å². The number of hydrazone groups is 1. The van der Waals surface area contributed by atoms with Gasteiger partial charge < -0.3 is 10.4 Å². The molecule has 0 aliphatic heterocycles. The third-order valence-corrected chi connectivity index (χ3v) is 3.27. The van der Waals surface area contributed by atoms with Crippen molar-refractivity contribution >= 4 is 18.0 Å². The van der Waals surface area contributed by atoms with E-state index in [1.54, 1.807) is 42.5 Å². The molecule has 0 saturated carbocycles. The molecule has 0 atom stereocenters. The van der Waals surface area contributed by atoms with Gasteiger partial charge in [0.1, 0.15) is 5.75 Å². The molecule has 0 bridgehead atoms. The summed E-state index contributed by atoms with van der Waals surface area (Å²) in [6, 6.07) is 5.22. The van der Waals surface area contributed by atoms with Gasteiger partial charge in [0, 0.05) is 11.1 Å². The molecular weight excluding hydrogens is 330 g/mol. The molecule has 0 spiro atoms. The zero-order valence-corrected chi connectivity index (χ0v) is 14.7. The first-order chi connectivity index (χ1) is 12.5. The van der Waals surface area contributed by atoms with Crippen LogP contribution in [0.2, 0.25) is 0 Å². The highest BCUT2D eigenvalue weighted by atomic mass is 16.3. The molecule has 0 saturated heterocycles. The van der Waals surface area contributed by atoms with Crippen LogP contribution >= 0.6 is 0 Å². The van der Waals surface area contributed by atoms with Gasteiger partial charge in [-0.25, -0.2) is 5.43 Å². The summed E-state index contributed by atoms with van der Waals surface area (Å²) in [5.74, 6) is -0.818. The summed E-state index contributed by atoms with van der Waals surface area (Å²) in [4.78, 5) is 23.6. The minimum Gasteiger partial charge on any atom is -0.507 e. The lowest BCUT2D eigenvalue weighted by atomic mass is 10.1. The number of phenols is 1. The molecule has 3 N–H and O–H groups in total. The molecule has 136 valence electrons. The molecule has 1 rings (SSSR count). The Morgan fingerprint density at radius 1 is 1.31 bits per heavy atom. The first-order valence-electron chi connectivity index (χ1n) is 8.00. The third kappa shape index (κ3) is 6.60. The Kier molecular flexibility index (Phi) is 8.89. The quantitative estimate of drug-likeness (QED) is 0.209. The van der Waals surface area contributed by atoms with E-state index >= 15 is 0 Å². The third-order valence-electron chi connectivity index (χ3n) is 3.27. The van der Waals surface area contributed by atoms with E-state index in [9.17, 15) is 14.7 Å². The van der Waals surface area contributed by atoms with Crippen molar-refractivity contribution in [2.24, 2.45) is 5.10 Å². The van der Waals surface area contributed by atoms with Crippen molar-refractivity contribution in [3.05, 3.63) is 78.4 Å². The highest BCUT2D eigenvalue weighted by molar-refractivity contribution is 5.98. The molecule has 0 fully saturated rings. The lowest BCUT2D eigenvalue weighted by molar-refractivity contribution is -0.124. The summed E-state index contributed by atoms with van der Waals surface area (Å²) < 4.78 is 0. The van der Waals surface area contributed by atoms with Gasteiger partial charge in [0.05, 0.1) is 12.8 Å². The van der Waals surface area contributed by atoms with Crippen molar-refractivity contribution in [1.29, 1.82) is 0 Å². The second-order valence-electron chi connectivity index (χ2n) is 5.18. The van der Waals surface area contributed by atoms with E-state index in [1.165, 1.54) is 12.3 Å². The molecule has 6 heteroatoms. The second-order valence-corrected chi connectivity index (χ2v) is 5.18. The fourth-order valence-electron chi connectivity index (χ4n) is 1.95. The fourth-order valence-corrected chi connectivity index (χ4v) is 1.95. The summed E-state index contributed by atoms with van der Waals surface area (Å²) in [6.45, 7) is 8.78. The van der Waals surface area contributed by atoms with Gasteiger partial charge in [-0.1, -0.05) is 43.0 Å². The molecule has 0 radical (unpaired) electrons. The number of hydrogen-bond donors (Lipinski definition) is 3. The van der Waals surface area contributed by atoms with Crippen LogP contribution in [-0.4, -0.2) is 29.7 Å². The van der Waals surface area contributed by atoms with Crippen LogP contribution in [0.25, 0.3) is 0 Å². The summed E-state index contributed by atoms with van der Waals surface area (Å²) >= 11 is 0. The molecule has 26 heavy (non-hydrogen) atoms. The van der Waals surface area contributed by atoms with Crippen molar-refractivity contribution in [3.63, 3.8) is 0 Å². The molecule has 2 amide bonds. The maximum absolute atomic E-state index is 11.9. The second kappa shape index (κ2) is 11.2. The standard InChI is InChI=1S/C20H23N3O3/c1-4-7-10-15(6-3)20(26)21-14-18(24)23-22-13-17-12-8-11-16(9-5-2)19(17)25/h4-8,10-13,25H,2-3,9,14H2,1H3,(H,21,26)(H,23,24)/b7-4-,15-10+,22-13+. The zero-order chi connectivity index (χ0) is 19.4. The monoisotopic (exact) mass is 353 g/mol. The Balaban J connectivity index is 2.58. The molecule has 0 aromatic heterocycles. The van der Waals surface area contributed by atoms with Gasteiger partial charge in [-0.3, -0.25) is 9.59 Å². The van der Waals surface area contributed by atoms with E-state index in [4.69, 9.17) is 0 Å². The Morgan fingerprint density at radius 2 is 2.08 bits per heavy atom. The maximum Gasteiger partial charge on any atom is 0.259 e. The van der Waals surface area contributed by atoms with Crippen molar-refractivity contribution in [2.45, 2.75) is 13.3 Å². The summed E-state index contributed by atoms with van der Waals surface area (Å²) in [5, 5.41) is 16.3. The first kappa shape index (κ1) is 20.6. The van der Waals surface area contributed by atoms with Gasteiger partial charge in [-0.15, -0.1) is 6.58 Å². The van der Waals surface area contributed by atoms with Gasteiger partial charge in [-0.05, 0) is 31.1 Å². The fraction of sp³-hybridized carbons (Fsp3) is 0.150. The van der Waals surface area contributed by atoms with Crippen LogP contribution < -0.4 is 10.7 Å². The molecule has 1 aromatic carbocycles. The Bertz CT molecular complexity index is 762. The zero-order valence-electron chi connectivity index (χ0n) is 14.7. The number of amides is 2. The SMILES string of the molecule is C=CCc1cccc(/C=N/NC(=O)CNC(=O)/C(C=C)=C/C=C\C)c1O. The van der Waals surface area contributed by atoms with Crippen molar-refractivity contribution in [3.8, 4) is 5.75 Å². The van der Waals surface area contributed by atoms with Crippen LogP contribution in [0.4, 0.5) is 0 Å². The molecule has 0 aliphatic carbocycles. The largest absolute Gasteiger partial charge is 0.507 e. The average Bonchev–Trinajstić information content (AvgIpc) is 2.63. The minimum absolute atomic E-state index is 0.0865. The molecular formula is C20H23N3O3. The molecule has 0 heterocycles. The number of nitrogens with zero attached hydrogens (tertiary/aromatic N) is 1. The number of phenolic OH excluding ortho intramolecular Hbond substituents is 1. The van der Waals surface area contributed by atoms with Crippen molar-refractivity contribution in [2.75, 3.05) is 6.54 Å². The number of carbonyl (C=O) groups excluding carboxylic acids is 2. The van der Waals surface area contributed by atoms with Crippen LogP contribution in [-0.2, 0) is 16.0 Å². The van der Waals surface area contributed by atoms with Gasteiger partial charge in [-0.2, -0.15) is 5.10 Å². The average molecular weight is 353 g/mol. The smallest absolute Gasteiger partial charge is 0.259 e. The number of hydrogen-bond acceptors (Lipinski definition) is 4. The van der Waals surface area contributed by atoms with Gasteiger partial charge in [0.2, 0.25) is 0 Å². The van der Waals surface area contributed by atoms with E-state index in [2.05, 4.69) is 29.0 Å². The summed E-state index contributed by atoms with van der Waals surface area (Å²) in [5.41, 5.74) is 3.83. The summed E-state index contributed by atoms with van der Waals surface area (Å²) in [7, 11) is 0. The predicted octanol–water partition coefficient (Wildman–Crippen LogP) is 2.38. The van der Waals surface area contributed by atoms with Gasteiger partial charge in [0.25, 0.3) is 11.8 Å². The highest BCUT2D eigenvalue weighted by Gasteiger charge is 2.07. The van der Waals surface area contributed by atoms with Crippen LogP contribution in [0, 0.1) is 0 Å². The topological polar surface area (TPSA) is 90.8 Å². The highest BCUT2D eigenvalue weighted by Crippen LogP contribution is 2.21. The minimum atomic E-state index is -0.495. The lowest BCUT2D eigenvalue weighted by Gasteiger charge is -2.05. The van der Waals surface area contributed by atoms with Crippen LogP contribution in [0.3, 0.4) is 0 Å². The maximum atomic E-state index is 11.9. The van der Waals surface area contributed by atoms with Gasteiger partial charge >= 0.3 is 0 Å². The van der Waals surface area contributed by atoms with E-state index in [0.717, 1.165) is 0 Å². The van der Waals surface area contributed by atoms with E-state index in [0.29, 0.717) is 23.1 Å². The number of allylic oxidation sites excluding steroid dienone is 4. The molecule has 0 unspecified atom stereocenters. The van der Waals surface area contributed by atoms with Crippen LogP contribution in [0.5, 0.6) is 5.75 Å². The van der Waals surface area contributed by atoms with Crippen molar-refractivity contribution in [1.82, 2.24) is 10.7 Å². The Labute approximate surface area is 153 Å². The number of benzene rings is 1. The number of carbonyl (C=O) groups is 2. The first-order valence-corrected chi connectivity index (χ1v) is 8.00. The number of rotatable bonds is 9. The van der Waals surface area contributed by atoms with Gasteiger partial charge in [0.15, 0.2) is 0 Å². The summed E-state index contributed by atoms with van der Waals surface area (Å²) in [6.07, 6.45) is 10.0. The molecule has 1 aromatic rings. The van der Waals surface area contributed by atoms with Crippen LogP contribution in [0.1, 0.15) is 18.1 Å².